The van der Waals surface area contributed by atoms with Gasteiger partial charge in [-0.15, -0.1) is 0 Å². The first-order valence-corrected chi connectivity index (χ1v) is 12.4. The van der Waals surface area contributed by atoms with Crippen LogP contribution in [0.3, 0.4) is 0 Å². The maximum Gasteiger partial charge on any atom is 0.311 e. The standard InChI is InChI=1S/C28H21N3O4S/c1-16-6-9-19(10-7-16)26-21-12-11-18-4-2-3-5-20(18)25(21)29-28-30(26)27(33)24(36-28)15-17-8-13-23(32)22(14-17)31(34)35/h2-10,13-15,26,32H,11-12H2,1H3. The van der Waals surface area contributed by atoms with Gasteiger partial charge in [-0.2, -0.15) is 0 Å². The predicted molar refractivity (Wildman–Crippen MR) is 139 cm³/mol. The zero-order chi connectivity index (χ0) is 25.0. The first-order chi connectivity index (χ1) is 17.4. The zero-order valence-electron chi connectivity index (χ0n) is 19.3. The van der Waals surface area contributed by atoms with E-state index in [9.17, 15) is 20.0 Å². The molecule has 1 aliphatic heterocycles. The molecule has 7 nitrogen and oxygen atoms in total. The molecule has 3 aromatic carbocycles. The van der Waals surface area contributed by atoms with Gasteiger partial charge in [0.15, 0.2) is 10.6 Å². The molecule has 2 aliphatic rings. The number of hydrogen-bond donors (Lipinski definition) is 1. The highest BCUT2D eigenvalue weighted by molar-refractivity contribution is 7.07. The monoisotopic (exact) mass is 495 g/mol. The van der Waals surface area contributed by atoms with E-state index >= 15 is 0 Å². The number of hydrogen-bond acceptors (Lipinski definition) is 6. The van der Waals surface area contributed by atoms with E-state index in [1.807, 2.05) is 19.1 Å². The molecular weight excluding hydrogens is 474 g/mol. The summed E-state index contributed by atoms with van der Waals surface area (Å²) in [5.74, 6) is -0.413. The number of allylic oxidation sites excluding steroid dienone is 1. The third kappa shape index (κ3) is 3.58. The van der Waals surface area contributed by atoms with Crippen molar-refractivity contribution in [1.82, 2.24) is 4.57 Å². The molecule has 0 fully saturated rings. The van der Waals surface area contributed by atoms with Crippen LogP contribution in [-0.2, 0) is 6.42 Å². The third-order valence-electron chi connectivity index (χ3n) is 6.76. The SMILES string of the molecule is Cc1ccc(C2C3=C(N=c4sc(=Cc5ccc(O)c([N+](=O)[O-])c5)c(=O)n42)c2ccccc2CC3)cc1. The number of aromatic nitrogens is 1. The van der Waals surface area contributed by atoms with E-state index in [1.165, 1.54) is 29.0 Å². The number of phenols is 1. The Morgan fingerprint density at radius 2 is 1.89 bits per heavy atom. The van der Waals surface area contributed by atoms with Crippen LogP contribution in [0.1, 0.15) is 40.3 Å². The van der Waals surface area contributed by atoms with Gasteiger partial charge in [-0.05, 0) is 54.2 Å². The number of phenolic OH excluding ortho intramolecular Hbond substituents is 1. The number of thiazole rings is 1. The van der Waals surface area contributed by atoms with E-state index in [-0.39, 0.29) is 11.6 Å². The summed E-state index contributed by atoms with van der Waals surface area (Å²) in [5, 5.41) is 21.1. The molecule has 1 aliphatic carbocycles. The Balaban J connectivity index is 1.60. The highest BCUT2D eigenvalue weighted by Crippen LogP contribution is 2.41. The largest absolute Gasteiger partial charge is 0.502 e. The van der Waals surface area contributed by atoms with Crippen molar-refractivity contribution in [3.63, 3.8) is 0 Å². The number of aromatic hydroxyl groups is 1. The van der Waals surface area contributed by atoms with E-state index in [4.69, 9.17) is 4.99 Å². The number of rotatable bonds is 3. The van der Waals surface area contributed by atoms with Gasteiger partial charge in [0.1, 0.15) is 0 Å². The van der Waals surface area contributed by atoms with Crippen molar-refractivity contribution < 1.29 is 10.0 Å². The lowest BCUT2D eigenvalue weighted by Gasteiger charge is -2.30. The van der Waals surface area contributed by atoms with Crippen molar-refractivity contribution in [2.45, 2.75) is 25.8 Å². The zero-order valence-corrected chi connectivity index (χ0v) is 20.2. The molecule has 1 unspecified atom stereocenters. The first kappa shape index (κ1) is 22.2. The number of aryl methyl sites for hydroxylation is 2. The fourth-order valence-electron chi connectivity index (χ4n) is 5.00. The molecule has 6 rings (SSSR count). The van der Waals surface area contributed by atoms with Crippen molar-refractivity contribution in [3.05, 3.63) is 130 Å². The molecule has 36 heavy (non-hydrogen) atoms. The average Bonchev–Trinajstić information content (AvgIpc) is 3.18. The minimum Gasteiger partial charge on any atom is -0.502 e. The molecule has 0 bridgehead atoms. The van der Waals surface area contributed by atoms with E-state index in [1.54, 1.807) is 16.7 Å². The molecule has 0 spiro atoms. The summed E-state index contributed by atoms with van der Waals surface area (Å²) in [6.07, 6.45) is 3.32. The second kappa shape index (κ2) is 8.42. The Hall–Kier alpha value is -4.30. The molecule has 2 heterocycles. The first-order valence-electron chi connectivity index (χ1n) is 11.6. The van der Waals surface area contributed by atoms with Gasteiger partial charge < -0.3 is 5.11 Å². The molecule has 1 atom stereocenters. The molecule has 1 aromatic heterocycles. The van der Waals surface area contributed by atoms with Gasteiger partial charge in [-0.3, -0.25) is 19.5 Å². The summed E-state index contributed by atoms with van der Waals surface area (Å²) in [6, 6.07) is 20.3. The summed E-state index contributed by atoms with van der Waals surface area (Å²) in [6.45, 7) is 2.04. The van der Waals surface area contributed by atoms with Crippen LogP contribution in [-0.4, -0.2) is 14.6 Å². The summed E-state index contributed by atoms with van der Waals surface area (Å²) >= 11 is 1.27. The summed E-state index contributed by atoms with van der Waals surface area (Å²) in [5.41, 5.74) is 6.43. The molecule has 0 saturated carbocycles. The molecule has 8 heteroatoms. The quantitative estimate of drug-likeness (QED) is 0.340. The fraction of sp³-hybridized carbons (Fsp3) is 0.143. The normalized spacial score (nSPS) is 16.7. The van der Waals surface area contributed by atoms with Crippen molar-refractivity contribution in [1.29, 1.82) is 0 Å². The summed E-state index contributed by atoms with van der Waals surface area (Å²) < 4.78 is 2.18. The van der Waals surface area contributed by atoms with Crippen LogP contribution in [0.25, 0.3) is 11.8 Å². The second-order valence-electron chi connectivity index (χ2n) is 9.03. The molecule has 1 N–H and O–H groups in total. The van der Waals surface area contributed by atoms with Crippen LogP contribution in [0.2, 0.25) is 0 Å². The number of fused-ring (bicyclic) bond motifs is 3. The van der Waals surface area contributed by atoms with E-state index in [0.717, 1.165) is 40.8 Å². The molecular formula is C28H21N3O4S. The minimum absolute atomic E-state index is 0.189. The van der Waals surface area contributed by atoms with Crippen LogP contribution < -0.4 is 14.9 Å². The van der Waals surface area contributed by atoms with Crippen LogP contribution in [0.4, 0.5) is 5.69 Å². The van der Waals surface area contributed by atoms with E-state index < -0.39 is 16.4 Å². The van der Waals surface area contributed by atoms with Gasteiger partial charge in [0.05, 0.1) is 21.2 Å². The molecule has 178 valence electrons. The molecule has 0 radical (unpaired) electrons. The topological polar surface area (TPSA) is 97.7 Å². The third-order valence-corrected chi connectivity index (χ3v) is 7.74. The van der Waals surface area contributed by atoms with Crippen molar-refractivity contribution in [2.24, 2.45) is 4.99 Å². The Morgan fingerprint density at radius 3 is 2.67 bits per heavy atom. The lowest BCUT2D eigenvalue weighted by atomic mass is 9.83. The van der Waals surface area contributed by atoms with E-state index in [2.05, 4.69) is 36.4 Å². The van der Waals surface area contributed by atoms with Gasteiger partial charge in [0, 0.05) is 11.6 Å². The van der Waals surface area contributed by atoms with Crippen LogP contribution in [0.15, 0.2) is 82.1 Å². The molecule has 4 aromatic rings. The minimum atomic E-state index is -0.642. The van der Waals surface area contributed by atoms with Gasteiger partial charge >= 0.3 is 5.69 Å². The molecule has 0 saturated heterocycles. The van der Waals surface area contributed by atoms with Crippen molar-refractivity contribution >= 4 is 28.8 Å². The summed E-state index contributed by atoms with van der Waals surface area (Å²) in [7, 11) is 0. The van der Waals surface area contributed by atoms with Crippen molar-refractivity contribution in [3.8, 4) is 5.75 Å². The van der Waals surface area contributed by atoms with Gasteiger partial charge in [0.2, 0.25) is 0 Å². The smallest absolute Gasteiger partial charge is 0.311 e. The highest BCUT2D eigenvalue weighted by Gasteiger charge is 2.32. The Kier molecular flexibility index (Phi) is 5.19. The number of nitro groups is 1. The highest BCUT2D eigenvalue weighted by atomic mass is 32.1. The lowest BCUT2D eigenvalue weighted by molar-refractivity contribution is -0.385. The van der Waals surface area contributed by atoms with Gasteiger partial charge in [0.25, 0.3) is 5.56 Å². The van der Waals surface area contributed by atoms with Crippen molar-refractivity contribution in [2.75, 3.05) is 0 Å². The number of benzene rings is 3. The van der Waals surface area contributed by atoms with Crippen LogP contribution in [0, 0.1) is 17.0 Å². The lowest BCUT2D eigenvalue weighted by Crippen LogP contribution is -2.38. The van der Waals surface area contributed by atoms with Crippen LogP contribution in [0.5, 0.6) is 5.75 Å². The number of nitrogens with zero attached hydrogens (tertiary/aromatic N) is 3. The maximum atomic E-state index is 13.8. The van der Waals surface area contributed by atoms with E-state index in [0.29, 0.717) is 14.9 Å². The van der Waals surface area contributed by atoms with Gasteiger partial charge in [-0.25, -0.2) is 4.99 Å². The number of nitro benzene ring substituents is 1. The average molecular weight is 496 g/mol. The Bertz CT molecular complexity index is 1760. The fourth-order valence-corrected chi connectivity index (χ4v) is 6.00. The summed E-state index contributed by atoms with van der Waals surface area (Å²) in [4.78, 5) is 30.0. The Labute approximate surface area is 209 Å². The molecule has 0 amide bonds. The van der Waals surface area contributed by atoms with Crippen LogP contribution >= 0.6 is 11.3 Å². The predicted octanol–water partition coefficient (Wildman–Crippen LogP) is 4.24. The second-order valence-corrected chi connectivity index (χ2v) is 10.0. The maximum absolute atomic E-state index is 13.8. The van der Waals surface area contributed by atoms with Gasteiger partial charge in [-0.1, -0.05) is 71.5 Å². The Morgan fingerprint density at radius 1 is 1.11 bits per heavy atom.